The third kappa shape index (κ3) is 6.74. The Labute approximate surface area is 158 Å². The maximum Gasteiger partial charge on any atom is 0.409 e. The van der Waals surface area contributed by atoms with Gasteiger partial charge < -0.3 is 20.3 Å². The zero-order valence-corrected chi connectivity index (χ0v) is 16.5. The SMILES string of the molecule is CCNC(=NCCc1ccc(Cl)s1)NC1CCN(C(=O)OCC)CC1. The predicted octanol–water partition coefficient (Wildman–Crippen LogP) is 3.12. The zero-order chi connectivity index (χ0) is 18.1. The highest BCUT2D eigenvalue weighted by molar-refractivity contribution is 7.16. The van der Waals surface area contributed by atoms with Gasteiger partial charge in [-0.1, -0.05) is 11.6 Å². The van der Waals surface area contributed by atoms with Gasteiger partial charge in [0.15, 0.2) is 5.96 Å². The zero-order valence-electron chi connectivity index (χ0n) is 14.9. The molecule has 0 aromatic carbocycles. The Hall–Kier alpha value is -1.47. The van der Waals surface area contributed by atoms with Crippen molar-refractivity contribution < 1.29 is 9.53 Å². The molecule has 8 heteroatoms. The van der Waals surface area contributed by atoms with E-state index in [4.69, 9.17) is 16.3 Å². The summed E-state index contributed by atoms with van der Waals surface area (Å²) in [6, 6.07) is 4.29. The van der Waals surface area contributed by atoms with Crippen LogP contribution in [0.15, 0.2) is 17.1 Å². The molecule has 0 spiro atoms. The van der Waals surface area contributed by atoms with Crippen molar-refractivity contribution in [1.29, 1.82) is 0 Å². The number of guanidine groups is 1. The average molecular weight is 387 g/mol. The lowest BCUT2D eigenvalue weighted by molar-refractivity contribution is 0.0963. The van der Waals surface area contributed by atoms with Crippen LogP contribution in [-0.2, 0) is 11.2 Å². The number of thiophene rings is 1. The first-order valence-electron chi connectivity index (χ1n) is 8.83. The second kappa shape index (κ2) is 10.5. The maximum atomic E-state index is 11.7. The lowest BCUT2D eigenvalue weighted by atomic mass is 10.1. The first kappa shape index (κ1) is 19.8. The third-order valence-corrected chi connectivity index (χ3v) is 5.25. The van der Waals surface area contributed by atoms with Crippen LogP contribution in [0.25, 0.3) is 0 Å². The van der Waals surface area contributed by atoms with Gasteiger partial charge in [-0.2, -0.15) is 0 Å². The Morgan fingerprint density at radius 2 is 2.16 bits per heavy atom. The number of rotatable bonds is 6. The molecular formula is C17H27ClN4O2S. The van der Waals surface area contributed by atoms with Crippen LogP contribution in [-0.4, -0.2) is 55.8 Å². The van der Waals surface area contributed by atoms with Crippen molar-refractivity contribution in [2.75, 3.05) is 32.8 Å². The lowest BCUT2D eigenvalue weighted by Crippen LogP contribution is -2.50. The van der Waals surface area contributed by atoms with Gasteiger partial charge in [0.2, 0.25) is 0 Å². The second-order valence-electron chi connectivity index (χ2n) is 5.82. The highest BCUT2D eigenvalue weighted by Gasteiger charge is 2.23. The molecule has 6 nitrogen and oxygen atoms in total. The van der Waals surface area contributed by atoms with Crippen molar-refractivity contribution in [2.24, 2.45) is 4.99 Å². The standard InChI is InChI=1S/C17H27ClN4O2S/c1-3-19-16(20-10-7-14-5-6-15(18)25-14)21-13-8-11-22(12-9-13)17(23)24-4-2/h5-6,13H,3-4,7-12H2,1-2H3,(H2,19,20,21). The molecule has 1 aliphatic rings. The fourth-order valence-corrected chi connectivity index (χ4v) is 3.77. The smallest absolute Gasteiger partial charge is 0.409 e. The van der Waals surface area contributed by atoms with E-state index in [9.17, 15) is 4.79 Å². The molecule has 1 amide bonds. The molecule has 2 N–H and O–H groups in total. The molecule has 140 valence electrons. The minimum Gasteiger partial charge on any atom is -0.450 e. The van der Waals surface area contributed by atoms with Crippen LogP contribution in [0.4, 0.5) is 4.79 Å². The van der Waals surface area contributed by atoms with Crippen molar-refractivity contribution in [1.82, 2.24) is 15.5 Å². The fraction of sp³-hybridized carbons (Fsp3) is 0.647. The van der Waals surface area contributed by atoms with Gasteiger partial charge in [0.25, 0.3) is 0 Å². The molecule has 2 heterocycles. The molecule has 0 radical (unpaired) electrons. The van der Waals surface area contributed by atoms with Crippen molar-refractivity contribution in [3.8, 4) is 0 Å². The molecule has 1 aliphatic heterocycles. The Morgan fingerprint density at radius 3 is 2.76 bits per heavy atom. The molecule has 0 aliphatic carbocycles. The molecular weight excluding hydrogens is 360 g/mol. The van der Waals surface area contributed by atoms with Gasteiger partial charge in [0.05, 0.1) is 10.9 Å². The summed E-state index contributed by atoms with van der Waals surface area (Å²) in [6.45, 7) is 7.26. The van der Waals surface area contributed by atoms with Gasteiger partial charge in [-0.05, 0) is 38.8 Å². The van der Waals surface area contributed by atoms with Crippen LogP contribution in [0.2, 0.25) is 4.34 Å². The Balaban J connectivity index is 1.78. The molecule has 0 unspecified atom stereocenters. The highest BCUT2D eigenvalue weighted by Crippen LogP contribution is 2.21. The topological polar surface area (TPSA) is 66.0 Å². The van der Waals surface area contributed by atoms with E-state index in [1.807, 2.05) is 19.1 Å². The average Bonchev–Trinajstić information content (AvgIpc) is 3.01. The number of piperidine rings is 1. The van der Waals surface area contributed by atoms with Crippen LogP contribution in [0, 0.1) is 0 Å². The Bertz CT molecular complexity index is 571. The van der Waals surface area contributed by atoms with E-state index < -0.39 is 0 Å². The normalized spacial score (nSPS) is 16.0. The van der Waals surface area contributed by atoms with Gasteiger partial charge in [0, 0.05) is 43.5 Å². The van der Waals surface area contributed by atoms with Crippen molar-refractivity contribution in [3.05, 3.63) is 21.3 Å². The number of carbonyl (C=O) groups excluding carboxylic acids is 1. The summed E-state index contributed by atoms with van der Waals surface area (Å²) in [4.78, 5) is 19.4. The molecule has 25 heavy (non-hydrogen) atoms. The number of halogens is 1. The summed E-state index contributed by atoms with van der Waals surface area (Å²) in [5, 5.41) is 6.76. The van der Waals surface area contributed by atoms with E-state index in [1.165, 1.54) is 4.88 Å². The lowest BCUT2D eigenvalue weighted by Gasteiger charge is -2.32. The van der Waals surface area contributed by atoms with Gasteiger partial charge in [-0.15, -0.1) is 11.3 Å². The van der Waals surface area contributed by atoms with Gasteiger partial charge in [-0.25, -0.2) is 4.79 Å². The molecule has 0 atom stereocenters. The number of nitrogens with one attached hydrogen (secondary N) is 2. The number of likely N-dealkylation sites (tertiary alicyclic amines) is 1. The third-order valence-electron chi connectivity index (χ3n) is 3.96. The summed E-state index contributed by atoms with van der Waals surface area (Å²) >= 11 is 7.56. The largest absolute Gasteiger partial charge is 0.450 e. The van der Waals surface area contributed by atoms with Crippen molar-refractivity contribution in [3.63, 3.8) is 0 Å². The van der Waals surface area contributed by atoms with Crippen LogP contribution < -0.4 is 10.6 Å². The number of ether oxygens (including phenoxy) is 1. The van der Waals surface area contributed by atoms with E-state index in [-0.39, 0.29) is 6.09 Å². The molecule has 0 bridgehead atoms. The highest BCUT2D eigenvalue weighted by atomic mass is 35.5. The first-order chi connectivity index (χ1) is 12.1. The maximum absolute atomic E-state index is 11.7. The predicted molar refractivity (Wildman–Crippen MR) is 104 cm³/mol. The number of hydrogen-bond acceptors (Lipinski definition) is 4. The van der Waals surface area contributed by atoms with Crippen LogP contribution in [0.1, 0.15) is 31.6 Å². The van der Waals surface area contributed by atoms with Crippen LogP contribution in [0.3, 0.4) is 0 Å². The summed E-state index contributed by atoms with van der Waals surface area (Å²) in [5.74, 6) is 0.833. The van der Waals surface area contributed by atoms with Crippen molar-refractivity contribution in [2.45, 2.75) is 39.2 Å². The molecule has 2 rings (SSSR count). The van der Waals surface area contributed by atoms with E-state index in [0.717, 1.165) is 36.1 Å². The Morgan fingerprint density at radius 1 is 1.40 bits per heavy atom. The number of nitrogens with zero attached hydrogens (tertiary/aromatic N) is 2. The summed E-state index contributed by atoms with van der Waals surface area (Å²) in [5.41, 5.74) is 0. The van der Waals surface area contributed by atoms with Gasteiger partial charge >= 0.3 is 6.09 Å². The molecule has 0 saturated carbocycles. The molecule has 1 saturated heterocycles. The number of hydrogen-bond donors (Lipinski definition) is 2. The molecule has 1 aromatic rings. The number of amides is 1. The summed E-state index contributed by atoms with van der Waals surface area (Å²) < 4.78 is 5.87. The number of carbonyl (C=O) groups is 1. The van der Waals surface area contributed by atoms with E-state index in [2.05, 4.69) is 22.5 Å². The summed E-state index contributed by atoms with van der Waals surface area (Å²) in [6.07, 6.45) is 2.46. The van der Waals surface area contributed by atoms with Crippen molar-refractivity contribution >= 4 is 35.0 Å². The Kier molecular flexibility index (Phi) is 8.34. The van der Waals surface area contributed by atoms with Gasteiger partial charge in [-0.3, -0.25) is 4.99 Å². The van der Waals surface area contributed by atoms with Crippen LogP contribution in [0.5, 0.6) is 0 Å². The number of aliphatic imine (C=N–C) groups is 1. The monoisotopic (exact) mass is 386 g/mol. The molecule has 1 fully saturated rings. The quantitative estimate of drug-likeness (QED) is 0.582. The van der Waals surface area contributed by atoms with E-state index in [1.54, 1.807) is 16.2 Å². The van der Waals surface area contributed by atoms with Gasteiger partial charge in [0.1, 0.15) is 0 Å². The van der Waals surface area contributed by atoms with E-state index in [0.29, 0.717) is 32.3 Å². The fourth-order valence-electron chi connectivity index (χ4n) is 2.70. The minimum absolute atomic E-state index is 0.212. The first-order valence-corrected chi connectivity index (χ1v) is 10.0. The molecule has 1 aromatic heterocycles. The second-order valence-corrected chi connectivity index (χ2v) is 7.62. The minimum atomic E-state index is -0.212. The van der Waals surface area contributed by atoms with E-state index >= 15 is 0 Å². The summed E-state index contributed by atoms with van der Waals surface area (Å²) in [7, 11) is 0. The van der Waals surface area contributed by atoms with Crippen LogP contribution >= 0.6 is 22.9 Å².